The minimum Gasteiger partial charge on any atom is -0.452 e. The van der Waals surface area contributed by atoms with E-state index in [2.05, 4.69) is 4.98 Å². The van der Waals surface area contributed by atoms with Crippen LogP contribution < -0.4 is 4.90 Å². The molecule has 3 rings (SSSR count). The normalized spacial score (nSPS) is 10.7. The number of carbonyl (C=O) groups excluding carboxylic acids is 2. The van der Waals surface area contributed by atoms with Gasteiger partial charge in [-0.15, -0.1) is 0 Å². The summed E-state index contributed by atoms with van der Waals surface area (Å²) in [6, 6.07) is 16.6. The van der Waals surface area contributed by atoms with Gasteiger partial charge in [-0.3, -0.25) is 9.78 Å². The molecular formula is C24H22FN3O3. The lowest BCUT2D eigenvalue weighted by Gasteiger charge is -2.22. The van der Waals surface area contributed by atoms with E-state index >= 15 is 0 Å². The van der Waals surface area contributed by atoms with Crippen LogP contribution in [0.3, 0.4) is 0 Å². The van der Waals surface area contributed by atoms with Crippen molar-refractivity contribution in [1.29, 1.82) is 5.26 Å². The molecule has 7 heteroatoms. The Bertz CT molecular complexity index is 1150. The third kappa shape index (κ3) is 5.04. The SMILES string of the molecule is CC(C)c1cc(C(=O)OCC(=O)N(CCC#N)c2ccccc2F)c2ccccc2n1. The van der Waals surface area contributed by atoms with Gasteiger partial charge in [-0.05, 0) is 30.2 Å². The highest BCUT2D eigenvalue weighted by Crippen LogP contribution is 2.24. The van der Waals surface area contributed by atoms with Gasteiger partial charge in [0.1, 0.15) is 5.82 Å². The van der Waals surface area contributed by atoms with Crippen molar-refractivity contribution >= 4 is 28.5 Å². The Labute approximate surface area is 179 Å². The van der Waals surface area contributed by atoms with E-state index in [1.165, 1.54) is 18.2 Å². The maximum Gasteiger partial charge on any atom is 0.339 e. The van der Waals surface area contributed by atoms with Crippen molar-refractivity contribution in [2.45, 2.75) is 26.2 Å². The van der Waals surface area contributed by atoms with Crippen LogP contribution in [0.25, 0.3) is 10.9 Å². The van der Waals surface area contributed by atoms with Gasteiger partial charge in [-0.25, -0.2) is 9.18 Å². The number of esters is 1. The van der Waals surface area contributed by atoms with Crippen molar-refractivity contribution in [3.05, 3.63) is 71.7 Å². The zero-order valence-electron chi connectivity index (χ0n) is 17.3. The molecule has 0 fully saturated rings. The van der Waals surface area contributed by atoms with Gasteiger partial charge in [-0.2, -0.15) is 5.26 Å². The molecule has 2 aromatic carbocycles. The summed E-state index contributed by atoms with van der Waals surface area (Å²) in [6.45, 7) is 3.35. The number of nitrogens with zero attached hydrogens (tertiary/aromatic N) is 3. The van der Waals surface area contributed by atoms with Crippen LogP contribution in [0, 0.1) is 17.1 Å². The lowest BCUT2D eigenvalue weighted by atomic mass is 10.0. The van der Waals surface area contributed by atoms with Gasteiger partial charge in [0.25, 0.3) is 5.91 Å². The minimum atomic E-state index is -0.664. The number of rotatable bonds is 7. The topological polar surface area (TPSA) is 83.3 Å². The second-order valence-electron chi connectivity index (χ2n) is 7.25. The number of hydrogen-bond donors (Lipinski definition) is 0. The van der Waals surface area contributed by atoms with Crippen molar-refractivity contribution in [2.24, 2.45) is 0 Å². The molecule has 0 bridgehead atoms. The average Bonchev–Trinajstić information content (AvgIpc) is 2.77. The van der Waals surface area contributed by atoms with Crippen LogP contribution in [-0.2, 0) is 9.53 Å². The number of aromatic nitrogens is 1. The number of carbonyl (C=O) groups is 2. The Morgan fingerprint density at radius 3 is 2.58 bits per heavy atom. The molecule has 1 amide bonds. The molecule has 0 atom stereocenters. The Morgan fingerprint density at radius 1 is 1.16 bits per heavy atom. The lowest BCUT2D eigenvalue weighted by Crippen LogP contribution is -2.36. The molecule has 1 heterocycles. The second-order valence-corrected chi connectivity index (χ2v) is 7.25. The molecule has 0 N–H and O–H groups in total. The molecule has 6 nitrogen and oxygen atoms in total. The number of benzene rings is 2. The number of fused-ring (bicyclic) bond motifs is 1. The standard InChI is InChI=1S/C24H22FN3O3/c1-16(2)21-14-18(17-8-3-5-10-20(17)27-21)24(30)31-15-23(29)28(13-7-12-26)22-11-6-4-9-19(22)25/h3-6,8-11,14,16H,7,13,15H2,1-2H3. The number of pyridine rings is 1. The molecule has 0 spiro atoms. The van der Waals surface area contributed by atoms with E-state index in [1.54, 1.807) is 24.3 Å². The number of ether oxygens (including phenoxy) is 1. The maximum absolute atomic E-state index is 14.2. The van der Waals surface area contributed by atoms with Gasteiger partial charge in [0.05, 0.1) is 29.3 Å². The van der Waals surface area contributed by atoms with Gasteiger partial charge in [-0.1, -0.05) is 44.2 Å². The van der Waals surface area contributed by atoms with E-state index in [0.717, 1.165) is 10.6 Å². The molecule has 0 aliphatic carbocycles. The first kappa shape index (κ1) is 21.9. The number of hydrogen-bond acceptors (Lipinski definition) is 5. The molecule has 0 aliphatic heterocycles. The van der Waals surface area contributed by atoms with Gasteiger partial charge in [0.2, 0.25) is 0 Å². The molecule has 3 aromatic rings. The lowest BCUT2D eigenvalue weighted by molar-refractivity contribution is -0.121. The first-order chi connectivity index (χ1) is 14.9. The summed E-state index contributed by atoms with van der Waals surface area (Å²) in [6.07, 6.45) is 0.0146. The summed E-state index contributed by atoms with van der Waals surface area (Å²) in [5, 5.41) is 9.50. The third-order valence-electron chi connectivity index (χ3n) is 4.77. The highest BCUT2D eigenvalue weighted by atomic mass is 19.1. The molecule has 0 radical (unpaired) electrons. The highest BCUT2D eigenvalue weighted by molar-refractivity contribution is 6.04. The van der Waals surface area contributed by atoms with Crippen LogP contribution in [-0.4, -0.2) is 30.0 Å². The van der Waals surface area contributed by atoms with Gasteiger partial charge >= 0.3 is 5.97 Å². The molecule has 0 unspecified atom stereocenters. The van der Waals surface area contributed by atoms with E-state index in [0.29, 0.717) is 16.5 Å². The highest BCUT2D eigenvalue weighted by Gasteiger charge is 2.22. The molecule has 0 aliphatic rings. The zero-order valence-corrected chi connectivity index (χ0v) is 17.3. The minimum absolute atomic E-state index is 0.0104. The summed E-state index contributed by atoms with van der Waals surface area (Å²) in [5.74, 6) is -1.78. The first-order valence-corrected chi connectivity index (χ1v) is 9.91. The maximum atomic E-state index is 14.2. The Hall–Kier alpha value is -3.79. The van der Waals surface area contributed by atoms with Crippen molar-refractivity contribution in [1.82, 2.24) is 4.98 Å². The predicted molar refractivity (Wildman–Crippen MR) is 115 cm³/mol. The van der Waals surface area contributed by atoms with Gasteiger partial charge in [0.15, 0.2) is 6.61 Å². The van der Waals surface area contributed by atoms with Crippen molar-refractivity contribution in [3.8, 4) is 6.07 Å². The van der Waals surface area contributed by atoms with Crippen molar-refractivity contribution in [3.63, 3.8) is 0 Å². The molecule has 0 saturated carbocycles. The number of para-hydroxylation sites is 2. The van der Waals surface area contributed by atoms with E-state index in [9.17, 15) is 14.0 Å². The molecule has 158 valence electrons. The predicted octanol–water partition coefficient (Wildman–Crippen LogP) is 4.60. The monoisotopic (exact) mass is 419 g/mol. The molecule has 31 heavy (non-hydrogen) atoms. The van der Waals surface area contributed by atoms with Crippen LogP contribution in [0.15, 0.2) is 54.6 Å². The summed E-state index contributed by atoms with van der Waals surface area (Å²) >= 11 is 0. The van der Waals surface area contributed by atoms with Crippen LogP contribution in [0.1, 0.15) is 42.2 Å². The van der Waals surface area contributed by atoms with Crippen LogP contribution in [0.2, 0.25) is 0 Å². The fourth-order valence-corrected chi connectivity index (χ4v) is 3.16. The van der Waals surface area contributed by atoms with Gasteiger partial charge < -0.3 is 9.64 Å². The Kier molecular flexibility index (Phi) is 6.93. The van der Waals surface area contributed by atoms with E-state index in [4.69, 9.17) is 10.00 Å². The molecule has 0 saturated heterocycles. The Morgan fingerprint density at radius 2 is 1.87 bits per heavy atom. The Balaban J connectivity index is 1.83. The largest absolute Gasteiger partial charge is 0.452 e. The summed E-state index contributed by atoms with van der Waals surface area (Å²) in [5.41, 5.74) is 1.75. The first-order valence-electron chi connectivity index (χ1n) is 9.91. The number of halogens is 1. The van der Waals surface area contributed by atoms with E-state index in [-0.39, 0.29) is 24.6 Å². The number of nitriles is 1. The second kappa shape index (κ2) is 9.81. The summed E-state index contributed by atoms with van der Waals surface area (Å²) in [7, 11) is 0. The summed E-state index contributed by atoms with van der Waals surface area (Å²) < 4.78 is 19.5. The number of amides is 1. The third-order valence-corrected chi connectivity index (χ3v) is 4.77. The zero-order chi connectivity index (χ0) is 22.4. The van der Waals surface area contributed by atoms with Crippen molar-refractivity contribution in [2.75, 3.05) is 18.1 Å². The van der Waals surface area contributed by atoms with Crippen LogP contribution in [0.4, 0.5) is 10.1 Å². The fourth-order valence-electron chi connectivity index (χ4n) is 3.16. The van der Waals surface area contributed by atoms with Gasteiger partial charge in [0, 0.05) is 17.6 Å². The smallest absolute Gasteiger partial charge is 0.339 e. The van der Waals surface area contributed by atoms with Crippen LogP contribution in [0.5, 0.6) is 0 Å². The van der Waals surface area contributed by atoms with Crippen LogP contribution >= 0.6 is 0 Å². The van der Waals surface area contributed by atoms with Crippen molar-refractivity contribution < 1.29 is 18.7 Å². The molecule has 1 aromatic heterocycles. The fraction of sp³-hybridized carbons (Fsp3) is 0.250. The van der Waals surface area contributed by atoms with E-state index in [1.807, 2.05) is 32.0 Å². The average molecular weight is 419 g/mol. The molecular weight excluding hydrogens is 397 g/mol. The quantitative estimate of drug-likeness (QED) is 0.523. The van der Waals surface area contributed by atoms with E-state index < -0.39 is 24.3 Å². The number of anilines is 1. The summed E-state index contributed by atoms with van der Waals surface area (Å²) in [4.78, 5) is 31.3.